The molecule has 0 saturated carbocycles. The van der Waals surface area contributed by atoms with Crippen LogP contribution in [0.25, 0.3) is 0 Å². The van der Waals surface area contributed by atoms with Crippen molar-refractivity contribution in [2.75, 3.05) is 13.2 Å². The number of aliphatic carboxylic acids is 1. The van der Waals surface area contributed by atoms with E-state index in [0.717, 1.165) is 0 Å². The molecular formula is C37H49FN4O9. The molecule has 1 unspecified atom stereocenters. The molecule has 1 aliphatic heterocycles. The fourth-order valence-electron chi connectivity index (χ4n) is 5.52. The maximum absolute atomic E-state index is 13.9. The second kappa shape index (κ2) is 18.3. The molecule has 0 aliphatic carbocycles. The van der Waals surface area contributed by atoms with Gasteiger partial charge in [-0.15, -0.1) is 0 Å². The predicted octanol–water partition coefficient (Wildman–Crippen LogP) is 4.13. The number of amides is 4. The molecule has 13 nitrogen and oxygen atoms in total. The first-order valence-corrected chi connectivity index (χ1v) is 17.2. The van der Waals surface area contributed by atoms with E-state index in [-0.39, 0.29) is 38.8 Å². The second-order valence-corrected chi connectivity index (χ2v) is 13.8. The van der Waals surface area contributed by atoms with Crippen molar-refractivity contribution in [1.29, 1.82) is 0 Å². The van der Waals surface area contributed by atoms with Crippen molar-refractivity contribution in [3.8, 4) is 0 Å². The van der Waals surface area contributed by atoms with Crippen molar-refractivity contribution in [3.05, 3.63) is 71.5 Å². The molecule has 0 radical (unpaired) electrons. The van der Waals surface area contributed by atoms with Gasteiger partial charge in [0.05, 0.1) is 12.2 Å². The van der Waals surface area contributed by atoms with Gasteiger partial charge in [-0.1, -0.05) is 37.3 Å². The lowest BCUT2D eigenvalue weighted by Crippen LogP contribution is -2.63. The number of unbranched alkanes of at least 4 members (excludes halogenated alkanes) is 1. The Balaban J connectivity index is 1.74. The fourth-order valence-corrected chi connectivity index (χ4v) is 5.52. The molecule has 4 atom stereocenters. The Hall–Kier alpha value is -5.01. The smallest absolute Gasteiger partial charge is 0.408 e. The number of carboxylic acid groups (broad SMARTS) is 1. The van der Waals surface area contributed by atoms with Gasteiger partial charge < -0.3 is 35.4 Å². The molecule has 4 amide bonds. The molecule has 1 saturated heterocycles. The Morgan fingerprint density at radius 1 is 0.941 bits per heavy atom. The summed E-state index contributed by atoms with van der Waals surface area (Å²) >= 11 is 0. The Morgan fingerprint density at radius 3 is 2.22 bits per heavy atom. The van der Waals surface area contributed by atoms with E-state index in [9.17, 15) is 38.3 Å². The molecule has 51 heavy (non-hydrogen) atoms. The third kappa shape index (κ3) is 12.4. The van der Waals surface area contributed by atoms with Crippen LogP contribution in [0.2, 0.25) is 0 Å². The summed E-state index contributed by atoms with van der Waals surface area (Å²) < 4.78 is 24.3. The van der Waals surface area contributed by atoms with Crippen LogP contribution in [0.5, 0.6) is 0 Å². The number of likely N-dealkylation sites (tertiary alicyclic amines) is 1. The van der Waals surface area contributed by atoms with E-state index >= 15 is 0 Å². The van der Waals surface area contributed by atoms with Crippen molar-refractivity contribution >= 4 is 35.8 Å². The number of alkyl carbamates (subject to hydrolysis) is 1. The zero-order chi connectivity index (χ0) is 37.8. The van der Waals surface area contributed by atoms with Crippen LogP contribution in [-0.2, 0) is 35.1 Å². The normalized spacial score (nSPS) is 16.6. The topological polar surface area (TPSA) is 180 Å². The van der Waals surface area contributed by atoms with Crippen LogP contribution in [0.4, 0.5) is 9.18 Å². The highest BCUT2D eigenvalue weighted by atomic mass is 19.1. The number of rotatable bonds is 16. The zero-order valence-electron chi connectivity index (χ0n) is 29.8. The van der Waals surface area contributed by atoms with E-state index < -0.39 is 70.8 Å². The monoisotopic (exact) mass is 712 g/mol. The number of carbonyl (C=O) groups is 6. The molecule has 0 spiro atoms. The van der Waals surface area contributed by atoms with Crippen LogP contribution >= 0.6 is 0 Å². The highest BCUT2D eigenvalue weighted by molar-refractivity contribution is 5.97. The standard InChI is InChI=1S/C37H49FN4O9/c1-6-37(5,34(48)39-28(23-24-17-19-26(38)20-18-24)31(44)42-21-12-16-29(42)32(45)46)41-30(43)27(40-35(49)51-36(2,3)4)15-10-11-22-50-33(47)25-13-8-7-9-14-25/h7-9,13-14,17-20,27-29H,6,10-12,15-16,21-23H2,1-5H3,(H,39,48)(H,40,49)(H,41,43)(H,45,46)/t27-,28-,29+,37?/m0/s1. The van der Waals surface area contributed by atoms with Gasteiger partial charge in [0.15, 0.2) is 0 Å². The first-order chi connectivity index (χ1) is 24.0. The lowest BCUT2D eigenvalue weighted by Gasteiger charge is -2.34. The van der Waals surface area contributed by atoms with Gasteiger partial charge in [-0.3, -0.25) is 14.4 Å². The van der Waals surface area contributed by atoms with Crippen LogP contribution in [0.1, 0.15) is 89.1 Å². The van der Waals surface area contributed by atoms with E-state index in [0.29, 0.717) is 30.4 Å². The van der Waals surface area contributed by atoms with Crippen LogP contribution in [0.3, 0.4) is 0 Å². The van der Waals surface area contributed by atoms with Crippen molar-refractivity contribution in [2.24, 2.45) is 0 Å². The molecule has 14 heteroatoms. The number of esters is 1. The van der Waals surface area contributed by atoms with Gasteiger partial charge in [0.1, 0.15) is 35.1 Å². The number of nitrogens with zero attached hydrogens (tertiary/aromatic N) is 1. The van der Waals surface area contributed by atoms with Gasteiger partial charge in [0.2, 0.25) is 17.7 Å². The molecule has 4 N–H and O–H groups in total. The number of carbonyl (C=O) groups excluding carboxylic acids is 5. The zero-order valence-corrected chi connectivity index (χ0v) is 29.8. The average molecular weight is 713 g/mol. The molecule has 2 aromatic rings. The van der Waals surface area contributed by atoms with Gasteiger partial charge in [0.25, 0.3) is 0 Å². The summed E-state index contributed by atoms with van der Waals surface area (Å²) in [5.74, 6) is -4.14. The maximum atomic E-state index is 13.9. The molecular weight excluding hydrogens is 663 g/mol. The quantitative estimate of drug-likeness (QED) is 0.147. The molecule has 278 valence electrons. The highest BCUT2D eigenvalue weighted by Crippen LogP contribution is 2.21. The maximum Gasteiger partial charge on any atom is 0.408 e. The van der Waals surface area contributed by atoms with E-state index in [2.05, 4.69) is 16.0 Å². The number of nitrogens with one attached hydrogen (secondary N) is 3. The number of ether oxygens (including phenoxy) is 2. The van der Waals surface area contributed by atoms with Crippen molar-refractivity contribution in [2.45, 2.75) is 109 Å². The number of hydrogen-bond donors (Lipinski definition) is 4. The van der Waals surface area contributed by atoms with Crippen LogP contribution in [0.15, 0.2) is 54.6 Å². The fraction of sp³-hybridized carbons (Fsp3) is 0.514. The minimum absolute atomic E-state index is 0.0564. The number of carboxylic acids is 1. The van der Waals surface area contributed by atoms with E-state index in [1.807, 2.05) is 0 Å². The van der Waals surface area contributed by atoms with E-state index in [1.165, 1.54) is 36.1 Å². The summed E-state index contributed by atoms with van der Waals surface area (Å²) in [6.07, 6.45) is 0.783. The summed E-state index contributed by atoms with van der Waals surface area (Å²) in [6.45, 7) is 8.42. The second-order valence-electron chi connectivity index (χ2n) is 13.8. The van der Waals surface area contributed by atoms with Gasteiger partial charge in [-0.05, 0) is 96.0 Å². The van der Waals surface area contributed by atoms with Crippen LogP contribution < -0.4 is 16.0 Å². The summed E-state index contributed by atoms with van der Waals surface area (Å²) in [6, 6.07) is 10.5. The largest absolute Gasteiger partial charge is 0.480 e. The van der Waals surface area contributed by atoms with Crippen LogP contribution in [-0.4, -0.2) is 88.2 Å². The first kappa shape index (κ1) is 40.4. The molecule has 1 aliphatic rings. The van der Waals surface area contributed by atoms with E-state index in [1.54, 1.807) is 58.0 Å². The minimum atomic E-state index is -1.57. The van der Waals surface area contributed by atoms with Crippen molar-refractivity contribution in [3.63, 3.8) is 0 Å². The lowest BCUT2D eigenvalue weighted by atomic mass is 9.94. The van der Waals surface area contributed by atoms with Crippen molar-refractivity contribution in [1.82, 2.24) is 20.9 Å². The average Bonchev–Trinajstić information content (AvgIpc) is 3.58. The summed E-state index contributed by atoms with van der Waals surface area (Å²) in [7, 11) is 0. The number of halogens is 1. The predicted molar refractivity (Wildman–Crippen MR) is 185 cm³/mol. The Bertz CT molecular complexity index is 1530. The highest BCUT2D eigenvalue weighted by Gasteiger charge is 2.41. The molecule has 1 heterocycles. The molecule has 1 fully saturated rings. The first-order valence-electron chi connectivity index (χ1n) is 17.2. The van der Waals surface area contributed by atoms with Gasteiger partial charge in [-0.25, -0.2) is 18.8 Å². The molecule has 0 bridgehead atoms. The molecule has 2 aromatic carbocycles. The number of benzene rings is 2. The van der Waals surface area contributed by atoms with Gasteiger partial charge in [-0.2, -0.15) is 0 Å². The molecule has 0 aromatic heterocycles. The Kier molecular flexibility index (Phi) is 14.5. The third-order valence-electron chi connectivity index (χ3n) is 8.52. The van der Waals surface area contributed by atoms with Gasteiger partial charge in [0, 0.05) is 13.0 Å². The summed E-state index contributed by atoms with van der Waals surface area (Å²) in [4.78, 5) is 79.4. The summed E-state index contributed by atoms with van der Waals surface area (Å²) in [5.41, 5.74) is -1.49. The SMILES string of the molecule is CCC(C)(NC(=O)[C@H](CCCCOC(=O)c1ccccc1)NC(=O)OC(C)(C)C)C(=O)N[C@@H](Cc1ccc(F)cc1)C(=O)N1CCC[C@@H]1C(=O)O. The number of hydrogen-bond acceptors (Lipinski definition) is 8. The van der Waals surface area contributed by atoms with E-state index in [4.69, 9.17) is 9.47 Å². The Labute approximate surface area is 297 Å². The molecule has 3 rings (SSSR count). The van der Waals surface area contributed by atoms with Gasteiger partial charge >= 0.3 is 18.0 Å². The van der Waals surface area contributed by atoms with Crippen LogP contribution in [0, 0.1) is 5.82 Å². The minimum Gasteiger partial charge on any atom is -0.480 e. The lowest BCUT2D eigenvalue weighted by molar-refractivity contribution is -0.149. The Morgan fingerprint density at radius 2 is 1.61 bits per heavy atom. The summed E-state index contributed by atoms with van der Waals surface area (Å²) in [5, 5.41) is 17.7. The third-order valence-corrected chi connectivity index (χ3v) is 8.52. The van der Waals surface area contributed by atoms with Crippen molar-refractivity contribution < 1.29 is 47.7 Å².